The van der Waals surface area contributed by atoms with Crippen LogP contribution in [-0.4, -0.2) is 35.8 Å². The normalized spacial score (nSPS) is 15.0. The number of hydrogen-bond acceptors (Lipinski definition) is 1. The summed E-state index contributed by atoms with van der Waals surface area (Å²) in [6.45, 7) is 3.55. The van der Waals surface area contributed by atoms with Crippen LogP contribution in [0.5, 0.6) is 0 Å². The Balaban J connectivity index is 3.10. The van der Waals surface area contributed by atoms with E-state index in [-0.39, 0.29) is 0 Å². The summed E-state index contributed by atoms with van der Waals surface area (Å²) in [5.41, 5.74) is 0.991. The lowest BCUT2D eigenvalue weighted by Crippen LogP contribution is -2.17. The molecule has 1 atom stereocenters. The Morgan fingerprint density at radius 2 is 2.00 bits per heavy atom. The highest BCUT2D eigenvalue weighted by molar-refractivity contribution is 6.11. The fraction of sp³-hybridized carbons (Fsp3) is 1.00. The average Bonchev–Trinajstić information content (AvgIpc) is 1.65. The molecule has 0 aliphatic carbocycles. The molecule has 50 valence electrons. The Kier molecular flexibility index (Phi) is 4.19. The van der Waals surface area contributed by atoms with E-state index in [4.69, 9.17) is 0 Å². The van der Waals surface area contributed by atoms with Crippen LogP contribution in [-0.2, 0) is 0 Å². The van der Waals surface area contributed by atoms with Crippen molar-refractivity contribution in [1.29, 1.82) is 0 Å². The Morgan fingerprint density at radius 1 is 1.50 bits per heavy atom. The zero-order valence-corrected chi connectivity index (χ0v) is 8.44. The second-order valence-electron chi connectivity index (χ2n) is 2.78. The smallest absolute Gasteiger partial charge is 0.00834 e. The maximum atomic E-state index is 2.27. The molecule has 0 aliphatic heterocycles. The number of nitrogens with zero attached hydrogens (tertiary/aromatic N) is 1. The van der Waals surface area contributed by atoms with E-state index in [1.54, 1.807) is 0 Å². The van der Waals surface area contributed by atoms with Crippen LogP contribution in [0.3, 0.4) is 0 Å². The Hall–Kier alpha value is 0.177. The van der Waals surface area contributed by atoms with Crippen LogP contribution in [0.2, 0.25) is 5.54 Å². The van der Waals surface area contributed by atoms with Crippen molar-refractivity contribution < 1.29 is 0 Å². The van der Waals surface area contributed by atoms with Gasteiger partial charge in [0.05, 0.1) is 0 Å². The van der Waals surface area contributed by atoms with Crippen molar-refractivity contribution in [2.45, 2.75) is 18.9 Å². The van der Waals surface area contributed by atoms with Crippen LogP contribution in [0.4, 0.5) is 0 Å². The zero-order valence-electron chi connectivity index (χ0n) is 6.44. The number of hydrogen-bond donors (Lipinski definition) is 0. The van der Waals surface area contributed by atoms with Gasteiger partial charge in [0.15, 0.2) is 0 Å². The van der Waals surface area contributed by atoms with Gasteiger partial charge in [-0.25, -0.2) is 0 Å². The van der Waals surface area contributed by atoms with E-state index >= 15 is 0 Å². The topological polar surface area (TPSA) is 3.24 Å². The van der Waals surface area contributed by atoms with Crippen molar-refractivity contribution in [3.63, 3.8) is 0 Å². The van der Waals surface area contributed by atoms with Crippen LogP contribution in [0.1, 0.15) is 13.3 Å². The lowest BCUT2D eigenvalue weighted by molar-refractivity contribution is 0.398. The van der Waals surface area contributed by atoms with Gasteiger partial charge in [-0.05, 0) is 26.2 Å². The molecule has 0 aromatic heterocycles. The van der Waals surface area contributed by atoms with Gasteiger partial charge in [0.25, 0.3) is 0 Å². The van der Waals surface area contributed by atoms with Crippen LogP contribution in [0.25, 0.3) is 0 Å². The summed E-state index contributed by atoms with van der Waals surface area (Å²) >= 11 is 0. The molecule has 0 saturated carbocycles. The van der Waals surface area contributed by atoms with E-state index < -0.39 is 0 Å². The fourth-order valence-corrected chi connectivity index (χ4v) is 1.48. The first-order chi connectivity index (χ1) is 3.66. The van der Waals surface area contributed by atoms with Gasteiger partial charge in [-0.15, -0.1) is 0 Å². The molecule has 0 aromatic carbocycles. The predicted octanol–water partition coefficient (Wildman–Crippen LogP) is 0.112. The molecule has 2 heteroatoms. The van der Waals surface area contributed by atoms with E-state index in [0.29, 0.717) is 0 Å². The average molecular weight is 131 g/mol. The molecule has 1 unspecified atom stereocenters. The summed E-state index contributed by atoms with van der Waals surface area (Å²) in [6.07, 6.45) is 1.35. The molecule has 0 spiro atoms. The minimum Gasteiger partial charge on any atom is -0.309 e. The van der Waals surface area contributed by atoms with E-state index in [1.807, 2.05) is 0 Å². The molecule has 0 rings (SSSR count). The van der Waals surface area contributed by atoms with Gasteiger partial charge in [0.2, 0.25) is 0 Å². The largest absolute Gasteiger partial charge is 0.309 e. The van der Waals surface area contributed by atoms with Gasteiger partial charge in [0, 0.05) is 10.2 Å². The van der Waals surface area contributed by atoms with Crippen molar-refractivity contribution in [2.75, 3.05) is 20.6 Å². The lowest BCUT2D eigenvalue weighted by atomic mass is 10.3. The van der Waals surface area contributed by atoms with E-state index in [1.165, 1.54) is 23.2 Å². The van der Waals surface area contributed by atoms with Gasteiger partial charge in [-0.3, -0.25) is 0 Å². The monoisotopic (exact) mass is 131 g/mol. The van der Waals surface area contributed by atoms with E-state index in [2.05, 4.69) is 25.9 Å². The van der Waals surface area contributed by atoms with Crippen molar-refractivity contribution in [1.82, 2.24) is 4.90 Å². The van der Waals surface area contributed by atoms with Crippen molar-refractivity contribution >= 4 is 10.2 Å². The summed E-state index contributed by atoms with van der Waals surface area (Å²) < 4.78 is 0. The van der Waals surface area contributed by atoms with Crippen molar-refractivity contribution in [3.05, 3.63) is 0 Å². The SMILES string of the molecule is CCC([SiH3])CN(C)C. The van der Waals surface area contributed by atoms with Crippen LogP contribution < -0.4 is 0 Å². The van der Waals surface area contributed by atoms with E-state index in [9.17, 15) is 0 Å². The minimum atomic E-state index is 0.991. The van der Waals surface area contributed by atoms with Gasteiger partial charge in [-0.2, -0.15) is 0 Å². The molecule has 0 fully saturated rings. The van der Waals surface area contributed by atoms with Gasteiger partial charge >= 0.3 is 0 Å². The maximum absolute atomic E-state index is 2.27. The summed E-state index contributed by atoms with van der Waals surface area (Å²) in [5, 5.41) is 0. The fourth-order valence-electron chi connectivity index (χ4n) is 0.752. The highest BCUT2D eigenvalue weighted by atomic mass is 28.1. The minimum absolute atomic E-state index is 0.991. The summed E-state index contributed by atoms with van der Waals surface area (Å²) in [4.78, 5) is 2.27. The molecule has 8 heavy (non-hydrogen) atoms. The predicted molar refractivity (Wildman–Crippen MR) is 42.5 cm³/mol. The molecule has 0 bridgehead atoms. The Morgan fingerprint density at radius 3 is 2.12 bits per heavy atom. The molecule has 0 saturated heterocycles. The third-order valence-electron chi connectivity index (χ3n) is 1.37. The first-order valence-electron chi connectivity index (χ1n) is 3.31. The first kappa shape index (κ1) is 8.18. The van der Waals surface area contributed by atoms with Gasteiger partial charge < -0.3 is 4.90 Å². The van der Waals surface area contributed by atoms with Crippen molar-refractivity contribution in [2.24, 2.45) is 0 Å². The van der Waals surface area contributed by atoms with Crippen LogP contribution in [0, 0.1) is 0 Å². The molecule has 0 aliphatic rings. The van der Waals surface area contributed by atoms with Gasteiger partial charge in [0.1, 0.15) is 0 Å². The molecule has 0 radical (unpaired) electrons. The van der Waals surface area contributed by atoms with E-state index in [0.717, 1.165) is 5.54 Å². The maximum Gasteiger partial charge on any atom is 0.00834 e. The second-order valence-corrected chi connectivity index (χ2v) is 4.41. The highest BCUT2D eigenvalue weighted by Crippen LogP contribution is 2.03. The highest BCUT2D eigenvalue weighted by Gasteiger charge is 1.97. The molecule has 0 heterocycles. The summed E-state index contributed by atoms with van der Waals surface area (Å²) in [6, 6.07) is 0. The third-order valence-corrected chi connectivity index (χ3v) is 2.56. The molecule has 0 amide bonds. The van der Waals surface area contributed by atoms with Crippen LogP contribution >= 0.6 is 0 Å². The standard InChI is InChI=1S/C6H17NSi/c1-4-6(8)5-7(2)3/h6H,4-5H2,1-3,8H3. The van der Waals surface area contributed by atoms with Crippen LogP contribution in [0.15, 0.2) is 0 Å². The molecule has 0 N–H and O–H groups in total. The number of rotatable bonds is 3. The summed E-state index contributed by atoms with van der Waals surface area (Å²) in [5.74, 6) is 0. The molecular weight excluding hydrogens is 114 g/mol. The quantitative estimate of drug-likeness (QED) is 0.492. The second kappa shape index (κ2) is 4.10. The molecule has 1 nitrogen and oxygen atoms in total. The lowest BCUT2D eigenvalue weighted by Gasteiger charge is -2.13. The van der Waals surface area contributed by atoms with Gasteiger partial charge in [-0.1, -0.05) is 13.3 Å². The molecule has 0 aromatic rings. The molecular formula is C6H17NSi. The third kappa shape index (κ3) is 4.34. The first-order valence-corrected chi connectivity index (χ1v) is 4.47. The Labute approximate surface area is 55.5 Å². The van der Waals surface area contributed by atoms with Crippen molar-refractivity contribution in [3.8, 4) is 0 Å². The zero-order chi connectivity index (χ0) is 6.57. The Bertz CT molecular complexity index is 54.5. The summed E-state index contributed by atoms with van der Waals surface area (Å²) in [7, 11) is 5.62.